The van der Waals surface area contributed by atoms with Crippen molar-refractivity contribution >= 4 is 46.2 Å². The molecule has 0 radical (unpaired) electrons. The Balaban J connectivity index is 1.02. The summed E-state index contributed by atoms with van der Waals surface area (Å²) >= 11 is 0. The summed E-state index contributed by atoms with van der Waals surface area (Å²) in [7, 11) is 7.17. The average Bonchev–Trinajstić information content (AvgIpc) is 4.14. The first-order valence-electron chi connectivity index (χ1n) is 21.7. The van der Waals surface area contributed by atoms with E-state index in [9.17, 15) is 19.2 Å². The van der Waals surface area contributed by atoms with Gasteiger partial charge >= 0.3 is 12.2 Å². The monoisotopic (exact) mass is 879 g/mol. The Morgan fingerprint density at radius 1 is 0.875 bits per heavy atom. The van der Waals surface area contributed by atoms with E-state index in [0.717, 1.165) is 74.3 Å². The molecule has 17 nitrogen and oxygen atoms in total. The van der Waals surface area contributed by atoms with Crippen LogP contribution >= 0.6 is 0 Å². The summed E-state index contributed by atoms with van der Waals surface area (Å²) in [5, 5.41) is 7.44. The van der Waals surface area contributed by atoms with E-state index in [4.69, 9.17) is 38.4 Å². The van der Waals surface area contributed by atoms with Crippen molar-refractivity contribution in [3.8, 4) is 28.1 Å². The van der Waals surface area contributed by atoms with Crippen molar-refractivity contribution in [1.82, 2.24) is 30.4 Å². The van der Waals surface area contributed by atoms with Crippen LogP contribution in [0.25, 0.3) is 33.2 Å². The molecule has 4 aromatic rings. The van der Waals surface area contributed by atoms with Crippen LogP contribution in [0.1, 0.15) is 63.0 Å². The van der Waals surface area contributed by atoms with Crippen LogP contribution in [0.4, 0.5) is 15.3 Å². The smallest absolute Gasteiger partial charge is 0.407 e. The number of imidazole rings is 1. The van der Waals surface area contributed by atoms with Gasteiger partial charge in [0.25, 0.3) is 0 Å². The molecular formula is C47H57N7O10. The maximum absolute atomic E-state index is 14.1. The van der Waals surface area contributed by atoms with Gasteiger partial charge in [-0.2, -0.15) is 0 Å². The summed E-state index contributed by atoms with van der Waals surface area (Å²) in [6.45, 7) is 6.77. The fourth-order valence-corrected chi connectivity index (χ4v) is 9.75. The van der Waals surface area contributed by atoms with Gasteiger partial charge in [0.2, 0.25) is 11.8 Å². The molecule has 5 heterocycles. The van der Waals surface area contributed by atoms with Crippen LogP contribution in [0.15, 0.2) is 53.7 Å². The highest BCUT2D eigenvalue weighted by molar-refractivity contribution is 6.06. The number of H-pyrrole nitrogens is 1. The number of amides is 4. The number of aliphatic imine (C=N–C) groups is 1. The zero-order chi connectivity index (χ0) is 45.4. The van der Waals surface area contributed by atoms with Gasteiger partial charge in [-0.05, 0) is 97.3 Å². The number of ether oxygens (including phenoxy) is 6. The van der Waals surface area contributed by atoms with E-state index in [-0.39, 0.29) is 35.9 Å². The lowest BCUT2D eigenvalue weighted by molar-refractivity contribution is -0.138. The SMILES string of the molecule is COC[C@H]1C[C@@H](c2ncc(-c3ccc4c(c3)COc3cc5c6c(ccc5cc3-4)N=C([C@@H]3CC[C@H](C)N3C(=O)[C@@H](NC(=O)OC)[C@@H](C)OC)C6)[nH]2)N(C(=O)[C@@H](NC(=O)OC)C(C)OC)C1. The molecular weight excluding hydrogens is 823 g/mol. The molecule has 1 unspecified atom stereocenters. The molecule has 3 N–H and O–H groups in total. The Bertz CT molecular complexity index is 2470. The van der Waals surface area contributed by atoms with Gasteiger partial charge in [0.1, 0.15) is 30.3 Å². The van der Waals surface area contributed by atoms with E-state index in [1.807, 2.05) is 17.9 Å². The Hall–Kier alpha value is -6.04. The van der Waals surface area contributed by atoms with Gasteiger partial charge in [-0.25, -0.2) is 14.6 Å². The zero-order valence-electron chi connectivity index (χ0n) is 37.6. The fourth-order valence-electron chi connectivity index (χ4n) is 9.75. The van der Waals surface area contributed by atoms with Crippen molar-refractivity contribution in [2.75, 3.05) is 48.7 Å². The molecule has 340 valence electrons. The van der Waals surface area contributed by atoms with Crippen molar-refractivity contribution < 1.29 is 47.6 Å². The zero-order valence-corrected chi connectivity index (χ0v) is 37.6. The molecule has 0 aliphatic carbocycles. The number of aromatic amines is 1. The number of carbonyl (C=O) groups is 4. The standard InChI is InChI=1S/C47H57N7O10/c1-24-9-14-38(54(24)45(56)42(26(3)61-6)52-47(58)63-8)36-18-33-32-19-40-34(17-28(32)11-13-35(33)49-36)31-12-10-29(16-30(31)23-64-40)37-20-48-43(50-37)39-15-27(22-59-4)21-53(39)44(55)41(25(2)60-5)51-46(57)62-7/h10-13,16-17,19-20,24-27,38-39,41-42H,9,14-15,18,21-23H2,1-8H3,(H,48,50)(H,51,57)(H,52,58)/t24-,25?,26+,27-,38-,39-,41-,42-/m0/s1. The molecule has 4 aliphatic heterocycles. The second-order valence-corrected chi connectivity index (χ2v) is 17.1. The number of nitrogens with one attached hydrogen (secondary N) is 3. The van der Waals surface area contributed by atoms with Gasteiger partial charge in [0.15, 0.2) is 0 Å². The molecule has 1 aromatic heterocycles. The lowest BCUT2D eigenvalue weighted by Gasteiger charge is -2.34. The number of carbonyl (C=O) groups excluding carboxylic acids is 4. The lowest BCUT2D eigenvalue weighted by Crippen LogP contribution is -2.57. The predicted octanol–water partition coefficient (Wildman–Crippen LogP) is 5.85. The van der Waals surface area contributed by atoms with Crippen molar-refractivity contribution in [1.29, 1.82) is 0 Å². The van der Waals surface area contributed by atoms with Gasteiger partial charge in [-0.1, -0.05) is 18.2 Å². The molecule has 17 heteroatoms. The first-order chi connectivity index (χ1) is 30.9. The maximum atomic E-state index is 14.1. The second kappa shape index (κ2) is 18.6. The third-order valence-electron chi connectivity index (χ3n) is 13.3. The summed E-state index contributed by atoms with van der Waals surface area (Å²) in [6, 6.07) is 12.2. The number of hydrogen-bond acceptors (Lipinski definition) is 12. The summed E-state index contributed by atoms with van der Waals surface area (Å²) in [5.41, 5.74) is 7.71. The third kappa shape index (κ3) is 8.39. The topological polar surface area (TPSA) is 195 Å². The van der Waals surface area contributed by atoms with Crippen LogP contribution in [0, 0.1) is 5.92 Å². The molecule has 4 aliphatic rings. The van der Waals surface area contributed by atoms with Crippen LogP contribution in [0.5, 0.6) is 5.75 Å². The Labute approximate surface area is 372 Å². The van der Waals surface area contributed by atoms with E-state index in [1.165, 1.54) is 28.4 Å². The van der Waals surface area contributed by atoms with Crippen molar-refractivity contribution in [3.63, 3.8) is 0 Å². The minimum Gasteiger partial charge on any atom is -0.488 e. The number of aromatic nitrogens is 2. The molecule has 8 atom stereocenters. The van der Waals surface area contributed by atoms with Crippen LogP contribution < -0.4 is 15.4 Å². The molecule has 3 aromatic carbocycles. The molecule has 2 saturated heterocycles. The summed E-state index contributed by atoms with van der Waals surface area (Å²) in [5.74, 6) is 0.966. The summed E-state index contributed by atoms with van der Waals surface area (Å²) in [6.07, 6.45) is 1.98. The summed E-state index contributed by atoms with van der Waals surface area (Å²) < 4.78 is 32.6. The van der Waals surface area contributed by atoms with Gasteiger partial charge in [-0.15, -0.1) is 0 Å². The lowest BCUT2D eigenvalue weighted by atomic mass is 9.90. The van der Waals surface area contributed by atoms with Crippen LogP contribution in [-0.2, 0) is 46.3 Å². The summed E-state index contributed by atoms with van der Waals surface area (Å²) in [4.78, 5) is 69.6. The van der Waals surface area contributed by atoms with Gasteiger partial charge in [-0.3, -0.25) is 14.6 Å². The predicted molar refractivity (Wildman–Crippen MR) is 237 cm³/mol. The Kier molecular flexibility index (Phi) is 12.9. The van der Waals surface area contributed by atoms with E-state index < -0.39 is 36.5 Å². The molecule has 0 saturated carbocycles. The van der Waals surface area contributed by atoms with Crippen LogP contribution in [-0.4, -0.2) is 135 Å². The molecule has 4 amide bonds. The Morgan fingerprint density at radius 3 is 2.28 bits per heavy atom. The quantitative estimate of drug-likeness (QED) is 0.146. The van der Waals surface area contributed by atoms with E-state index in [1.54, 1.807) is 32.1 Å². The van der Waals surface area contributed by atoms with Gasteiger partial charge in [0.05, 0.1) is 62.7 Å². The normalized spacial score (nSPS) is 21.8. The fraction of sp³-hybridized carbons (Fsp3) is 0.489. The number of fused-ring (bicyclic) bond motifs is 6. The number of alkyl carbamates (subject to hydrolysis) is 2. The van der Waals surface area contributed by atoms with Gasteiger partial charge < -0.3 is 53.8 Å². The number of nitrogens with zero attached hydrogens (tertiary/aromatic N) is 4. The number of rotatable bonds is 13. The van der Waals surface area contributed by atoms with Crippen molar-refractivity contribution in [2.24, 2.45) is 10.9 Å². The molecule has 2 fully saturated rings. The van der Waals surface area contributed by atoms with Crippen molar-refractivity contribution in [2.45, 2.75) is 95.5 Å². The molecule has 0 spiro atoms. The van der Waals surface area contributed by atoms with E-state index in [0.29, 0.717) is 38.4 Å². The minimum absolute atomic E-state index is 0.0494. The number of benzene rings is 3. The first-order valence-corrected chi connectivity index (χ1v) is 21.7. The van der Waals surface area contributed by atoms with Crippen molar-refractivity contribution in [3.05, 3.63) is 65.6 Å². The highest BCUT2D eigenvalue weighted by Gasteiger charge is 2.44. The van der Waals surface area contributed by atoms with E-state index in [2.05, 4.69) is 52.0 Å². The highest BCUT2D eigenvalue weighted by atomic mass is 16.5. The number of hydrogen-bond donors (Lipinski definition) is 3. The number of methoxy groups -OCH3 is 5. The molecule has 64 heavy (non-hydrogen) atoms. The maximum Gasteiger partial charge on any atom is 0.407 e. The number of likely N-dealkylation sites (tertiary alicyclic amines) is 2. The first kappa shape index (κ1) is 44.6. The molecule has 8 rings (SSSR count). The van der Waals surface area contributed by atoms with Crippen LogP contribution in [0.3, 0.4) is 0 Å². The average molecular weight is 880 g/mol. The highest BCUT2D eigenvalue weighted by Crippen LogP contribution is 2.45. The van der Waals surface area contributed by atoms with E-state index >= 15 is 0 Å². The Morgan fingerprint density at radius 2 is 1.59 bits per heavy atom. The van der Waals surface area contributed by atoms with Crippen LogP contribution in [0.2, 0.25) is 0 Å². The third-order valence-corrected chi connectivity index (χ3v) is 13.3. The molecule has 0 bridgehead atoms. The minimum atomic E-state index is -0.963. The van der Waals surface area contributed by atoms with Gasteiger partial charge in [0, 0.05) is 57.5 Å². The second-order valence-electron chi connectivity index (χ2n) is 17.1. The largest absolute Gasteiger partial charge is 0.488 e.